The number of carbonyl (C=O) groups excluding carboxylic acids is 3. The number of aryl methyl sites for hydroxylation is 1. The van der Waals surface area contributed by atoms with Crippen molar-refractivity contribution in [1.82, 2.24) is 15.5 Å². The van der Waals surface area contributed by atoms with Gasteiger partial charge in [-0.25, -0.2) is 4.79 Å². The second-order valence-electron chi connectivity index (χ2n) is 9.09. The molecule has 7 heteroatoms. The molecule has 4 N–H and O–H groups in total. The van der Waals surface area contributed by atoms with Crippen molar-refractivity contribution in [3.8, 4) is 0 Å². The summed E-state index contributed by atoms with van der Waals surface area (Å²) in [5.41, 5.74) is 6.79. The predicted octanol–water partition coefficient (Wildman–Crippen LogP) is 1.78. The van der Waals surface area contributed by atoms with Gasteiger partial charge in [0, 0.05) is 12.1 Å². The Morgan fingerprint density at radius 1 is 1.21 bits per heavy atom. The highest BCUT2D eigenvalue weighted by Gasteiger charge is 2.50. The molecule has 4 rings (SSSR count). The average molecular weight is 399 g/mol. The number of nitrogens with one attached hydrogen (secondary N) is 2. The summed E-state index contributed by atoms with van der Waals surface area (Å²) in [5, 5.41) is 5.88. The van der Waals surface area contributed by atoms with Crippen molar-refractivity contribution < 1.29 is 14.4 Å². The molecule has 4 amide bonds. The van der Waals surface area contributed by atoms with E-state index >= 15 is 0 Å². The van der Waals surface area contributed by atoms with Crippen LogP contribution in [0.4, 0.5) is 4.79 Å². The third-order valence-electron chi connectivity index (χ3n) is 6.91. The molecule has 1 aliphatic heterocycles. The average Bonchev–Trinajstić information content (AvgIpc) is 2.87. The molecule has 0 spiro atoms. The number of hydrogen-bond donors (Lipinski definition) is 3. The van der Waals surface area contributed by atoms with Gasteiger partial charge in [-0.1, -0.05) is 36.2 Å². The first-order valence-corrected chi connectivity index (χ1v) is 10.5. The number of nitrogens with zero attached hydrogens (tertiary/aromatic N) is 1. The Balaban J connectivity index is 1.44. The summed E-state index contributed by atoms with van der Waals surface area (Å²) in [6.07, 6.45) is 5.18. The SMILES string of the molecule is Cc1ccc(C2(C)NC(=O)N(CC(=O)NC3C4CCCC3CC(N)C4)C2=O)cc1. The summed E-state index contributed by atoms with van der Waals surface area (Å²) in [7, 11) is 0. The number of imide groups is 1. The Morgan fingerprint density at radius 2 is 1.83 bits per heavy atom. The summed E-state index contributed by atoms with van der Waals surface area (Å²) in [6, 6.07) is 7.26. The number of benzene rings is 1. The summed E-state index contributed by atoms with van der Waals surface area (Å²) in [4.78, 5) is 39.3. The molecule has 2 bridgehead atoms. The lowest BCUT2D eigenvalue weighted by molar-refractivity contribution is -0.135. The van der Waals surface area contributed by atoms with E-state index in [9.17, 15) is 14.4 Å². The second-order valence-corrected chi connectivity index (χ2v) is 9.09. The molecular weight excluding hydrogens is 368 g/mol. The van der Waals surface area contributed by atoms with Crippen molar-refractivity contribution in [2.45, 2.75) is 63.6 Å². The van der Waals surface area contributed by atoms with Crippen LogP contribution in [0.15, 0.2) is 24.3 Å². The van der Waals surface area contributed by atoms with Crippen molar-refractivity contribution in [1.29, 1.82) is 0 Å². The number of fused-ring (bicyclic) bond motifs is 2. The van der Waals surface area contributed by atoms with Crippen molar-refractivity contribution in [3.05, 3.63) is 35.4 Å². The van der Waals surface area contributed by atoms with Crippen LogP contribution in [0, 0.1) is 18.8 Å². The van der Waals surface area contributed by atoms with Crippen LogP contribution >= 0.6 is 0 Å². The zero-order valence-electron chi connectivity index (χ0n) is 17.1. The van der Waals surface area contributed by atoms with Crippen LogP contribution in [0.3, 0.4) is 0 Å². The van der Waals surface area contributed by atoms with Crippen LogP contribution in [0.2, 0.25) is 0 Å². The van der Waals surface area contributed by atoms with Gasteiger partial charge in [0.15, 0.2) is 0 Å². The van der Waals surface area contributed by atoms with E-state index in [1.54, 1.807) is 6.92 Å². The van der Waals surface area contributed by atoms with E-state index in [4.69, 9.17) is 5.73 Å². The van der Waals surface area contributed by atoms with Crippen LogP contribution in [0.1, 0.15) is 50.2 Å². The van der Waals surface area contributed by atoms with Crippen LogP contribution in [0.25, 0.3) is 0 Å². The van der Waals surface area contributed by atoms with Gasteiger partial charge in [-0.3, -0.25) is 14.5 Å². The maximum atomic E-state index is 13.0. The van der Waals surface area contributed by atoms with E-state index in [1.165, 1.54) is 6.42 Å². The van der Waals surface area contributed by atoms with E-state index in [2.05, 4.69) is 10.6 Å². The number of carbonyl (C=O) groups is 3. The fraction of sp³-hybridized carbons (Fsp3) is 0.591. The number of amides is 4. The van der Waals surface area contributed by atoms with Crippen LogP contribution in [-0.2, 0) is 15.1 Å². The Morgan fingerprint density at radius 3 is 2.45 bits per heavy atom. The van der Waals surface area contributed by atoms with Gasteiger partial charge in [0.25, 0.3) is 5.91 Å². The second kappa shape index (κ2) is 7.44. The van der Waals surface area contributed by atoms with E-state index in [0.29, 0.717) is 17.4 Å². The highest BCUT2D eigenvalue weighted by atomic mass is 16.2. The molecule has 3 atom stereocenters. The first-order chi connectivity index (χ1) is 13.8. The molecular formula is C22H30N4O3. The summed E-state index contributed by atoms with van der Waals surface area (Å²) in [5.74, 6) is 0.108. The Bertz CT molecular complexity index is 810. The van der Waals surface area contributed by atoms with Crippen molar-refractivity contribution >= 4 is 17.8 Å². The minimum atomic E-state index is -1.15. The van der Waals surface area contributed by atoms with Gasteiger partial charge in [-0.15, -0.1) is 0 Å². The van der Waals surface area contributed by atoms with Crippen molar-refractivity contribution in [3.63, 3.8) is 0 Å². The molecule has 3 unspecified atom stereocenters. The van der Waals surface area contributed by atoms with Gasteiger partial charge < -0.3 is 16.4 Å². The highest BCUT2D eigenvalue weighted by Crippen LogP contribution is 2.39. The van der Waals surface area contributed by atoms with Crippen molar-refractivity contribution in [2.24, 2.45) is 17.6 Å². The molecule has 1 aromatic carbocycles. The first-order valence-electron chi connectivity index (χ1n) is 10.5. The largest absolute Gasteiger partial charge is 0.351 e. The number of nitrogens with two attached hydrogens (primary N) is 1. The van der Waals surface area contributed by atoms with Crippen LogP contribution < -0.4 is 16.4 Å². The molecule has 156 valence electrons. The molecule has 29 heavy (non-hydrogen) atoms. The lowest BCUT2D eigenvalue weighted by Crippen LogP contribution is -2.55. The van der Waals surface area contributed by atoms with Gasteiger partial charge in [0.2, 0.25) is 5.91 Å². The van der Waals surface area contributed by atoms with Crippen LogP contribution in [-0.4, -0.2) is 41.4 Å². The molecule has 3 fully saturated rings. The van der Waals surface area contributed by atoms with E-state index in [0.717, 1.165) is 36.1 Å². The Hall–Kier alpha value is -2.41. The van der Waals surface area contributed by atoms with E-state index in [-0.39, 0.29) is 24.5 Å². The maximum Gasteiger partial charge on any atom is 0.325 e. The normalized spacial score (nSPS) is 34.1. The molecule has 2 saturated carbocycles. The van der Waals surface area contributed by atoms with E-state index < -0.39 is 17.5 Å². The van der Waals surface area contributed by atoms with Crippen molar-refractivity contribution in [2.75, 3.05) is 6.54 Å². The van der Waals surface area contributed by atoms with Gasteiger partial charge >= 0.3 is 6.03 Å². The summed E-state index contributed by atoms with van der Waals surface area (Å²) >= 11 is 0. The zero-order valence-corrected chi connectivity index (χ0v) is 17.1. The first kappa shape index (κ1) is 19.9. The zero-order chi connectivity index (χ0) is 20.8. The minimum absolute atomic E-state index is 0.0975. The predicted molar refractivity (Wildman–Crippen MR) is 109 cm³/mol. The molecule has 0 radical (unpaired) electrons. The Labute approximate surface area is 171 Å². The summed E-state index contributed by atoms with van der Waals surface area (Å²) < 4.78 is 0. The smallest absolute Gasteiger partial charge is 0.325 e. The molecule has 1 saturated heterocycles. The maximum absolute atomic E-state index is 13.0. The fourth-order valence-electron chi connectivity index (χ4n) is 5.32. The monoisotopic (exact) mass is 398 g/mol. The van der Waals surface area contributed by atoms with Crippen LogP contribution in [0.5, 0.6) is 0 Å². The standard InChI is InChI=1S/C22H30N4O3/c1-13-6-8-16(9-7-13)22(2)20(28)26(21(29)25-22)12-18(27)24-19-14-4-3-5-15(19)11-17(23)10-14/h6-9,14-15,17,19H,3-5,10-12,23H2,1-2H3,(H,24,27)(H,25,29). The lowest BCUT2D eigenvalue weighted by atomic mass is 9.67. The molecule has 3 aliphatic rings. The van der Waals surface area contributed by atoms with Gasteiger partial charge in [-0.05, 0) is 56.9 Å². The number of rotatable bonds is 4. The number of hydrogen-bond acceptors (Lipinski definition) is 4. The number of urea groups is 1. The minimum Gasteiger partial charge on any atom is -0.351 e. The molecule has 2 aliphatic carbocycles. The quantitative estimate of drug-likeness (QED) is 0.673. The third kappa shape index (κ3) is 3.64. The molecule has 1 aromatic rings. The van der Waals surface area contributed by atoms with E-state index in [1.807, 2.05) is 31.2 Å². The topological polar surface area (TPSA) is 105 Å². The molecule has 7 nitrogen and oxygen atoms in total. The third-order valence-corrected chi connectivity index (χ3v) is 6.91. The molecule has 0 aromatic heterocycles. The lowest BCUT2D eigenvalue weighted by Gasteiger charge is -2.45. The summed E-state index contributed by atoms with van der Waals surface area (Å²) in [6.45, 7) is 3.39. The Kier molecular flexibility index (Phi) is 5.11. The van der Waals surface area contributed by atoms with Gasteiger partial charge in [0.05, 0.1) is 0 Å². The fourth-order valence-corrected chi connectivity index (χ4v) is 5.32. The van der Waals surface area contributed by atoms with Gasteiger partial charge in [0.1, 0.15) is 12.1 Å². The highest BCUT2D eigenvalue weighted by molar-refractivity contribution is 6.09. The molecule has 1 heterocycles. The van der Waals surface area contributed by atoms with Gasteiger partial charge in [-0.2, -0.15) is 0 Å².